The van der Waals surface area contributed by atoms with Crippen molar-refractivity contribution in [2.45, 2.75) is 37.9 Å². The minimum atomic E-state index is -0.882. The maximum atomic E-state index is 11.5. The summed E-state index contributed by atoms with van der Waals surface area (Å²) in [6.07, 6.45) is 1.09. The predicted molar refractivity (Wildman–Crippen MR) is 73.5 cm³/mol. The van der Waals surface area contributed by atoms with E-state index in [1.807, 2.05) is 30.3 Å². The van der Waals surface area contributed by atoms with E-state index in [-0.39, 0.29) is 5.41 Å². The van der Waals surface area contributed by atoms with Gasteiger partial charge >= 0.3 is 5.97 Å². The van der Waals surface area contributed by atoms with Gasteiger partial charge in [-0.05, 0) is 23.8 Å². The number of alkyl halides is 1. The van der Waals surface area contributed by atoms with Gasteiger partial charge in [0, 0.05) is 0 Å². The second kappa shape index (κ2) is 5.21. The van der Waals surface area contributed by atoms with Crippen LogP contribution in [0.3, 0.4) is 0 Å². The Labute approximate surface area is 111 Å². The van der Waals surface area contributed by atoms with Crippen LogP contribution >= 0.6 is 15.9 Å². The van der Waals surface area contributed by atoms with E-state index in [0.29, 0.717) is 12.8 Å². The lowest BCUT2D eigenvalue weighted by atomic mass is 9.82. The van der Waals surface area contributed by atoms with Gasteiger partial charge in [0.2, 0.25) is 0 Å². The van der Waals surface area contributed by atoms with Crippen LogP contribution in [0, 0.1) is 5.41 Å². The molecule has 17 heavy (non-hydrogen) atoms. The lowest BCUT2D eigenvalue weighted by molar-refractivity contribution is -0.140. The highest BCUT2D eigenvalue weighted by Crippen LogP contribution is 2.36. The van der Waals surface area contributed by atoms with E-state index in [4.69, 9.17) is 0 Å². The zero-order valence-corrected chi connectivity index (χ0v) is 12.1. The van der Waals surface area contributed by atoms with Gasteiger partial charge < -0.3 is 5.11 Å². The molecule has 0 aliphatic carbocycles. The standard InChI is InChI=1S/C14H19BrO2/c1-13(2,3)10-14(15,12(16)17)9-11-7-5-4-6-8-11/h4-8H,9-10H2,1-3H3,(H,16,17). The van der Waals surface area contributed by atoms with Crippen LogP contribution in [-0.4, -0.2) is 15.4 Å². The number of halogens is 1. The van der Waals surface area contributed by atoms with E-state index in [9.17, 15) is 9.90 Å². The molecule has 0 radical (unpaired) electrons. The molecule has 0 amide bonds. The third-order valence-electron chi connectivity index (χ3n) is 2.52. The molecule has 1 unspecified atom stereocenters. The number of hydrogen-bond acceptors (Lipinski definition) is 1. The molecule has 0 saturated carbocycles. The predicted octanol–water partition coefficient (Wildman–Crippen LogP) is 3.88. The quantitative estimate of drug-likeness (QED) is 0.857. The summed E-state index contributed by atoms with van der Waals surface area (Å²) >= 11 is 3.42. The van der Waals surface area contributed by atoms with Crippen molar-refractivity contribution >= 4 is 21.9 Å². The van der Waals surface area contributed by atoms with Crippen LogP contribution in [-0.2, 0) is 11.2 Å². The molecular weight excluding hydrogens is 280 g/mol. The van der Waals surface area contributed by atoms with E-state index in [1.54, 1.807) is 0 Å². The molecule has 0 aromatic heterocycles. The van der Waals surface area contributed by atoms with Crippen LogP contribution in [0.15, 0.2) is 30.3 Å². The van der Waals surface area contributed by atoms with Crippen molar-refractivity contribution in [1.82, 2.24) is 0 Å². The molecule has 0 heterocycles. The summed E-state index contributed by atoms with van der Waals surface area (Å²) in [7, 11) is 0. The van der Waals surface area contributed by atoms with Crippen LogP contribution in [0.2, 0.25) is 0 Å². The topological polar surface area (TPSA) is 37.3 Å². The molecule has 94 valence electrons. The number of aliphatic carboxylic acids is 1. The average molecular weight is 299 g/mol. The molecule has 0 spiro atoms. The fourth-order valence-electron chi connectivity index (χ4n) is 1.97. The zero-order chi connectivity index (χ0) is 13.1. The number of carbonyl (C=O) groups is 1. The van der Waals surface area contributed by atoms with Crippen molar-refractivity contribution in [3.63, 3.8) is 0 Å². The minimum Gasteiger partial charge on any atom is -0.480 e. The molecule has 1 aromatic carbocycles. The molecule has 1 aromatic rings. The third kappa shape index (κ3) is 4.50. The molecule has 3 heteroatoms. The zero-order valence-electron chi connectivity index (χ0n) is 10.5. The lowest BCUT2D eigenvalue weighted by Gasteiger charge is -2.30. The maximum absolute atomic E-state index is 11.5. The van der Waals surface area contributed by atoms with Crippen molar-refractivity contribution in [2.75, 3.05) is 0 Å². The van der Waals surface area contributed by atoms with Crippen molar-refractivity contribution in [1.29, 1.82) is 0 Å². The average Bonchev–Trinajstić information content (AvgIpc) is 2.15. The number of hydrogen-bond donors (Lipinski definition) is 1. The Morgan fingerprint density at radius 2 is 1.76 bits per heavy atom. The van der Waals surface area contributed by atoms with Crippen molar-refractivity contribution < 1.29 is 9.90 Å². The summed E-state index contributed by atoms with van der Waals surface area (Å²) in [5, 5.41) is 9.41. The number of benzene rings is 1. The Balaban J connectivity index is 2.90. The Morgan fingerprint density at radius 1 is 1.24 bits per heavy atom. The Bertz CT molecular complexity index is 381. The summed E-state index contributed by atoms with van der Waals surface area (Å²) in [6, 6.07) is 9.72. The maximum Gasteiger partial charge on any atom is 0.320 e. The first-order chi connectivity index (χ1) is 7.73. The number of rotatable bonds is 4. The number of carboxylic acids is 1. The normalized spacial score (nSPS) is 15.3. The summed E-state index contributed by atoms with van der Waals surface area (Å²) in [4.78, 5) is 11.5. The van der Waals surface area contributed by atoms with Gasteiger partial charge in [-0.25, -0.2) is 0 Å². The molecule has 0 aliphatic heterocycles. The van der Waals surface area contributed by atoms with Gasteiger partial charge in [-0.1, -0.05) is 67.0 Å². The smallest absolute Gasteiger partial charge is 0.320 e. The van der Waals surface area contributed by atoms with Crippen LogP contribution in [0.25, 0.3) is 0 Å². The fraction of sp³-hybridized carbons (Fsp3) is 0.500. The molecular formula is C14H19BrO2. The first-order valence-corrected chi connectivity index (χ1v) is 6.48. The van der Waals surface area contributed by atoms with Gasteiger partial charge in [-0.3, -0.25) is 4.79 Å². The first kappa shape index (κ1) is 14.2. The van der Waals surface area contributed by atoms with Crippen molar-refractivity contribution in [2.24, 2.45) is 5.41 Å². The van der Waals surface area contributed by atoms with Crippen LogP contribution in [0.5, 0.6) is 0 Å². The second-order valence-corrected chi connectivity index (χ2v) is 7.19. The van der Waals surface area contributed by atoms with Crippen LogP contribution < -0.4 is 0 Å². The lowest BCUT2D eigenvalue weighted by Crippen LogP contribution is -2.38. The Morgan fingerprint density at radius 3 is 2.18 bits per heavy atom. The third-order valence-corrected chi connectivity index (χ3v) is 3.42. The SMILES string of the molecule is CC(C)(C)CC(Br)(Cc1ccccc1)C(=O)O. The molecule has 0 saturated heterocycles. The van der Waals surface area contributed by atoms with Gasteiger partial charge in [0.1, 0.15) is 4.32 Å². The highest BCUT2D eigenvalue weighted by molar-refractivity contribution is 9.10. The molecule has 1 N–H and O–H groups in total. The van der Waals surface area contributed by atoms with Gasteiger partial charge in [0.15, 0.2) is 0 Å². The summed E-state index contributed by atoms with van der Waals surface area (Å²) in [6.45, 7) is 6.16. The van der Waals surface area contributed by atoms with E-state index < -0.39 is 10.3 Å². The second-order valence-electron chi connectivity index (χ2n) is 5.67. The van der Waals surface area contributed by atoms with E-state index in [1.165, 1.54) is 0 Å². The van der Waals surface area contributed by atoms with Crippen molar-refractivity contribution in [3.05, 3.63) is 35.9 Å². The van der Waals surface area contributed by atoms with Crippen molar-refractivity contribution in [3.8, 4) is 0 Å². The minimum absolute atomic E-state index is 0.0311. The molecule has 2 nitrogen and oxygen atoms in total. The van der Waals surface area contributed by atoms with Gasteiger partial charge in [-0.15, -0.1) is 0 Å². The van der Waals surface area contributed by atoms with Crippen LogP contribution in [0.4, 0.5) is 0 Å². The molecule has 1 atom stereocenters. The van der Waals surface area contributed by atoms with Gasteiger partial charge in [0.05, 0.1) is 0 Å². The van der Waals surface area contributed by atoms with Gasteiger partial charge in [-0.2, -0.15) is 0 Å². The monoisotopic (exact) mass is 298 g/mol. The molecule has 1 rings (SSSR count). The van der Waals surface area contributed by atoms with E-state index >= 15 is 0 Å². The highest BCUT2D eigenvalue weighted by Gasteiger charge is 2.39. The number of carboxylic acid groups (broad SMARTS) is 1. The van der Waals surface area contributed by atoms with E-state index in [2.05, 4.69) is 36.7 Å². The first-order valence-electron chi connectivity index (χ1n) is 5.69. The summed E-state index contributed by atoms with van der Waals surface area (Å²) in [5.41, 5.74) is 1.01. The Kier molecular flexibility index (Phi) is 4.36. The van der Waals surface area contributed by atoms with Gasteiger partial charge in [0.25, 0.3) is 0 Å². The molecule has 0 bridgehead atoms. The highest BCUT2D eigenvalue weighted by atomic mass is 79.9. The molecule has 0 aliphatic rings. The van der Waals surface area contributed by atoms with Crippen LogP contribution in [0.1, 0.15) is 32.8 Å². The summed E-state index contributed by atoms with van der Waals surface area (Å²) < 4.78 is -0.882. The summed E-state index contributed by atoms with van der Waals surface area (Å²) in [5.74, 6) is -0.795. The Hall–Kier alpha value is -0.830. The largest absolute Gasteiger partial charge is 0.480 e. The molecule has 0 fully saturated rings. The van der Waals surface area contributed by atoms with E-state index in [0.717, 1.165) is 5.56 Å². The fourth-order valence-corrected chi connectivity index (χ4v) is 3.14.